The van der Waals surface area contributed by atoms with Crippen molar-refractivity contribution < 1.29 is 9.47 Å². The van der Waals surface area contributed by atoms with Crippen LogP contribution in [-0.4, -0.2) is 44.4 Å². The molecule has 196 valence electrons. The molecular weight excluding hydrogens is 650 g/mol. The summed E-state index contributed by atoms with van der Waals surface area (Å²) in [6, 6.07) is 49.2. The van der Waals surface area contributed by atoms with Crippen LogP contribution in [0, 0.1) is 0 Å². The van der Waals surface area contributed by atoms with Crippen molar-refractivity contribution in [3.05, 3.63) is 140 Å². The molecule has 0 heterocycles. The molecular formula is C32H29NO2P2Se2. The van der Waals surface area contributed by atoms with E-state index in [0.717, 1.165) is 17.2 Å². The Bertz CT molecular complexity index is 1450. The quantitative estimate of drug-likeness (QED) is 0.144. The van der Waals surface area contributed by atoms with Crippen molar-refractivity contribution in [1.29, 1.82) is 0 Å². The molecule has 0 aliphatic carbocycles. The van der Waals surface area contributed by atoms with E-state index in [9.17, 15) is 0 Å². The zero-order chi connectivity index (χ0) is 27.3. The number of rotatable bonds is 9. The molecule has 5 aromatic carbocycles. The zero-order valence-corrected chi connectivity index (χ0v) is 27.0. The van der Waals surface area contributed by atoms with Gasteiger partial charge in [0, 0.05) is 0 Å². The van der Waals surface area contributed by atoms with E-state index in [1.807, 2.05) is 12.1 Å². The maximum absolute atomic E-state index is 6.07. The van der Waals surface area contributed by atoms with Crippen LogP contribution in [0.25, 0.3) is 0 Å². The van der Waals surface area contributed by atoms with Gasteiger partial charge in [0.25, 0.3) is 0 Å². The van der Waals surface area contributed by atoms with Gasteiger partial charge in [-0.15, -0.1) is 0 Å². The topological polar surface area (TPSA) is 21.7 Å². The first kappa shape index (κ1) is 27.9. The molecule has 0 aromatic heterocycles. The third-order valence-corrected chi connectivity index (χ3v) is 22.7. The van der Waals surface area contributed by atoms with Crippen LogP contribution < -0.4 is 35.1 Å². The summed E-state index contributed by atoms with van der Waals surface area (Å²) >= 11 is 7.61. The molecule has 0 spiro atoms. The van der Waals surface area contributed by atoms with E-state index in [0.29, 0.717) is 0 Å². The molecule has 39 heavy (non-hydrogen) atoms. The van der Waals surface area contributed by atoms with Crippen molar-refractivity contribution in [2.45, 2.75) is 0 Å². The molecule has 5 aromatic rings. The van der Waals surface area contributed by atoms with Crippen molar-refractivity contribution >= 4 is 68.4 Å². The van der Waals surface area contributed by atoms with Crippen molar-refractivity contribution in [2.75, 3.05) is 18.7 Å². The van der Waals surface area contributed by atoms with Crippen molar-refractivity contribution in [3.8, 4) is 11.5 Å². The van der Waals surface area contributed by atoms with Crippen molar-refractivity contribution in [2.24, 2.45) is 0 Å². The summed E-state index contributed by atoms with van der Waals surface area (Å²) in [7, 11) is 3.44. The van der Waals surface area contributed by atoms with Crippen LogP contribution in [-0.2, 0) is 0 Å². The van der Waals surface area contributed by atoms with E-state index in [4.69, 9.17) is 9.47 Å². The summed E-state index contributed by atoms with van der Waals surface area (Å²) in [6.45, 7) is 0. The second-order valence-corrected chi connectivity index (χ2v) is 21.0. The summed E-state index contributed by atoms with van der Waals surface area (Å²) in [5.41, 5.74) is -3.91. The van der Waals surface area contributed by atoms with Gasteiger partial charge in [0.1, 0.15) is 0 Å². The second kappa shape index (κ2) is 12.3. The SMILES string of the molecule is COc1ccc(OC)c(N(P(=[Se])(c2ccccc2)c2ccccc2)P(=[Se])(c2ccccc2)c2ccccc2)c1. The molecule has 0 aliphatic rings. The fourth-order valence-corrected chi connectivity index (χ4v) is 22.5. The standard InChI is InChI=1S/C32H29NO2P2Se2/c1-34-26-23-24-32(35-2)31(25-26)33(36(38,27-15-7-3-8-16-27)28-17-9-4-10-18-28)37(39,29-19-11-5-12-20-29)30-21-13-6-14-22-30/h3-25H,1-2H3. The van der Waals surface area contributed by atoms with Crippen molar-refractivity contribution in [3.63, 3.8) is 0 Å². The number of hydrogen-bond acceptors (Lipinski definition) is 3. The molecule has 0 fully saturated rings. The van der Waals surface area contributed by atoms with Crippen LogP contribution in [0.2, 0.25) is 0 Å². The van der Waals surface area contributed by atoms with Gasteiger partial charge in [-0.25, -0.2) is 0 Å². The summed E-state index contributed by atoms with van der Waals surface area (Å²) < 4.78 is 14.5. The van der Waals surface area contributed by atoms with E-state index in [1.165, 1.54) is 21.2 Å². The minimum absolute atomic E-state index is 0.774. The van der Waals surface area contributed by atoms with Crippen molar-refractivity contribution in [1.82, 2.24) is 0 Å². The molecule has 5 rings (SSSR count). The normalized spacial score (nSPS) is 11.5. The van der Waals surface area contributed by atoms with Gasteiger partial charge in [0.15, 0.2) is 0 Å². The molecule has 0 aliphatic heterocycles. The van der Waals surface area contributed by atoms with Crippen LogP contribution >= 0.6 is 11.3 Å². The summed E-state index contributed by atoms with van der Waals surface area (Å²) in [5.74, 6) is 1.56. The van der Waals surface area contributed by atoms with Crippen LogP contribution in [0.4, 0.5) is 5.69 Å². The monoisotopic (exact) mass is 681 g/mol. The number of benzene rings is 5. The first-order valence-electron chi connectivity index (χ1n) is 12.5. The summed E-state index contributed by atoms with van der Waals surface area (Å²) in [4.78, 5) is 0. The van der Waals surface area contributed by atoms with Gasteiger partial charge in [0.05, 0.1) is 0 Å². The van der Waals surface area contributed by atoms with E-state index >= 15 is 0 Å². The van der Waals surface area contributed by atoms with Gasteiger partial charge in [-0.2, -0.15) is 0 Å². The maximum atomic E-state index is 6.07. The van der Waals surface area contributed by atoms with Crippen LogP contribution in [0.5, 0.6) is 11.5 Å². The molecule has 3 nitrogen and oxygen atoms in total. The summed E-state index contributed by atoms with van der Waals surface area (Å²) in [6.07, 6.45) is 0. The third kappa shape index (κ3) is 5.29. The van der Waals surface area contributed by atoms with Crippen LogP contribution in [0.15, 0.2) is 140 Å². The Balaban J connectivity index is 1.99. The zero-order valence-electron chi connectivity index (χ0n) is 21.8. The molecule has 0 atom stereocenters. The molecule has 0 bridgehead atoms. The van der Waals surface area contributed by atoms with Gasteiger partial charge in [-0.05, 0) is 0 Å². The number of anilines is 1. The Labute approximate surface area is 246 Å². The first-order valence-corrected chi connectivity index (χ1v) is 20.4. The van der Waals surface area contributed by atoms with E-state index in [-0.39, 0.29) is 0 Å². The van der Waals surface area contributed by atoms with E-state index < -0.39 is 11.3 Å². The molecule has 0 saturated heterocycles. The second-order valence-electron chi connectivity index (χ2n) is 8.82. The molecule has 0 unspecified atom stereocenters. The first-order chi connectivity index (χ1) is 19.0. The molecule has 0 saturated carbocycles. The van der Waals surface area contributed by atoms with Crippen LogP contribution in [0.3, 0.4) is 0 Å². The molecule has 0 radical (unpaired) electrons. The van der Waals surface area contributed by atoms with E-state index in [1.54, 1.807) is 14.2 Å². The number of ether oxygens (including phenoxy) is 2. The van der Waals surface area contributed by atoms with Gasteiger partial charge in [-0.3, -0.25) is 0 Å². The average molecular weight is 679 g/mol. The molecule has 0 N–H and O–H groups in total. The Morgan fingerprint density at radius 3 is 1.15 bits per heavy atom. The minimum atomic E-state index is -2.44. The summed E-state index contributed by atoms with van der Waals surface area (Å²) in [5, 5.41) is 4.92. The fraction of sp³-hybridized carbons (Fsp3) is 0.0625. The van der Waals surface area contributed by atoms with Gasteiger partial charge >= 0.3 is 248 Å². The van der Waals surface area contributed by atoms with Gasteiger partial charge in [0.2, 0.25) is 0 Å². The fourth-order valence-electron chi connectivity index (χ4n) is 4.69. The third-order valence-electron chi connectivity index (χ3n) is 6.56. The number of methoxy groups -OCH3 is 2. The Kier molecular flexibility index (Phi) is 8.80. The molecule has 7 heteroatoms. The number of nitrogens with zero attached hydrogens (tertiary/aromatic N) is 1. The average Bonchev–Trinajstić information content (AvgIpc) is 3.02. The van der Waals surface area contributed by atoms with Gasteiger partial charge < -0.3 is 0 Å². The number of hydrogen-bond donors (Lipinski definition) is 0. The van der Waals surface area contributed by atoms with E-state index in [2.05, 4.69) is 162 Å². The Hall–Kier alpha value is -2.60. The van der Waals surface area contributed by atoms with Crippen LogP contribution in [0.1, 0.15) is 0 Å². The van der Waals surface area contributed by atoms with Gasteiger partial charge in [-0.1, -0.05) is 0 Å². The Morgan fingerprint density at radius 2 is 0.846 bits per heavy atom. The predicted octanol–water partition coefficient (Wildman–Crippen LogP) is 5.84. The predicted molar refractivity (Wildman–Crippen MR) is 172 cm³/mol. The molecule has 0 amide bonds. The Morgan fingerprint density at radius 1 is 0.487 bits per heavy atom.